The van der Waals surface area contributed by atoms with E-state index in [4.69, 9.17) is 9.47 Å². The topological polar surface area (TPSA) is 127 Å². The SMILES string of the molecule is CCCc1cccc(OC)c1C(=O)P(=O)(CC(=O)O)C(=O)c1c(O)cccc1OC. The number of hydrogen-bond acceptors (Lipinski definition) is 7. The number of carboxylic acids is 1. The molecule has 0 saturated carbocycles. The first kappa shape index (κ1) is 23.2. The first-order chi connectivity index (χ1) is 14.2. The molecule has 2 N–H and O–H groups in total. The summed E-state index contributed by atoms with van der Waals surface area (Å²) in [6.07, 6.45) is -0.122. The number of rotatable bonds is 10. The lowest BCUT2D eigenvalue weighted by molar-refractivity contribution is -0.134. The highest BCUT2D eigenvalue weighted by molar-refractivity contribution is 7.96. The third-order valence-corrected chi connectivity index (χ3v) is 6.99. The monoisotopic (exact) mass is 434 g/mol. The molecule has 1 atom stereocenters. The van der Waals surface area contributed by atoms with Crippen LogP contribution in [0.15, 0.2) is 36.4 Å². The van der Waals surface area contributed by atoms with Gasteiger partial charge in [-0.3, -0.25) is 14.4 Å². The Hall–Kier alpha value is -3.12. The number of aryl methyl sites for hydroxylation is 1. The van der Waals surface area contributed by atoms with Gasteiger partial charge in [0.1, 0.15) is 29.0 Å². The van der Waals surface area contributed by atoms with Crippen molar-refractivity contribution in [2.75, 3.05) is 20.4 Å². The number of carbonyl (C=O) groups excluding carboxylic acids is 2. The molecule has 0 aliphatic rings. The molecule has 0 fully saturated rings. The zero-order chi connectivity index (χ0) is 22.5. The molecule has 0 radical (unpaired) electrons. The predicted octanol–water partition coefficient (Wildman–Crippen LogP) is 3.79. The molecule has 0 aliphatic heterocycles. The number of ether oxygens (including phenoxy) is 2. The normalized spacial score (nSPS) is 12.6. The van der Waals surface area contributed by atoms with Crippen molar-refractivity contribution >= 4 is 24.2 Å². The number of carbonyl (C=O) groups is 3. The van der Waals surface area contributed by atoms with Crippen LogP contribution in [0.4, 0.5) is 0 Å². The maximum atomic E-state index is 13.8. The number of methoxy groups -OCH3 is 2. The molecule has 0 saturated heterocycles. The van der Waals surface area contributed by atoms with Crippen LogP contribution in [0.25, 0.3) is 0 Å². The van der Waals surface area contributed by atoms with Gasteiger partial charge < -0.3 is 24.3 Å². The molecule has 0 aromatic heterocycles. The number of phenolic OH excluding ortho intramolecular Hbond substituents is 1. The zero-order valence-corrected chi connectivity index (χ0v) is 17.8. The second kappa shape index (κ2) is 9.59. The Balaban J connectivity index is 2.75. The zero-order valence-electron chi connectivity index (χ0n) is 16.9. The van der Waals surface area contributed by atoms with Crippen molar-refractivity contribution in [3.05, 3.63) is 53.1 Å². The highest BCUT2D eigenvalue weighted by atomic mass is 31.2. The lowest BCUT2D eigenvalue weighted by Crippen LogP contribution is -2.20. The Labute approximate surface area is 173 Å². The van der Waals surface area contributed by atoms with Crippen molar-refractivity contribution in [1.82, 2.24) is 0 Å². The van der Waals surface area contributed by atoms with Crippen molar-refractivity contribution in [2.24, 2.45) is 0 Å². The number of benzene rings is 2. The van der Waals surface area contributed by atoms with Crippen LogP contribution in [0.5, 0.6) is 17.2 Å². The van der Waals surface area contributed by atoms with Gasteiger partial charge >= 0.3 is 5.97 Å². The Morgan fingerprint density at radius 2 is 1.47 bits per heavy atom. The summed E-state index contributed by atoms with van der Waals surface area (Å²) in [7, 11) is -2.21. The van der Waals surface area contributed by atoms with Crippen molar-refractivity contribution in [3.63, 3.8) is 0 Å². The maximum Gasteiger partial charge on any atom is 0.311 e. The molecular formula is C21H23O8P. The summed E-state index contributed by atoms with van der Waals surface area (Å²) in [5.74, 6) is -2.17. The van der Waals surface area contributed by atoms with E-state index in [1.54, 1.807) is 12.1 Å². The van der Waals surface area contributed by atoms with E-state index in [0.29, 0.717) is 18.4 Å². The first-order valence-electron chi connectivity index (χ1n) is 9.13. The van der Waals surface area contributed by atoms with Crippen LogP contribution in [0, 0.1) is 0 Å². The lowest BCUT2D eigenvalue weighted by atomic mass is 10.0. The molecule has 0 aliphatic carbocycles. The van der Waals surface area contributed by atoms with Crippen LogP contribution in [0.2, 0.25) is 0 Å². The average molecular weight is 434 g/mol. The van der Waals surface area contributed by atoms with E-state index in [1.807, 2.05) is 6.92 Å². The maximum absolute atomic E-state index is 13.8. The predicted molar refractivity (Wildman–Crippen MR) is 110 cm³/mol. The van der Waals surface area contributed by atoms with Gasteiger partial charge in [-0.25, -0.2) is 0 Å². The average Bonchev–Trinajstić information content (AvgIpc) is 2.71. The van der Waals surface area contributed by atoms with E-state index >= 15 is 0 Å². The Kier molecular flexibility index (Phi) is 7.40. The Bertz CT molecular complexity index is 1030. The fraction of sp³-hybridized carbons (Fsp3) is 0.286. The molecule has 2 aromatic rings. The lowest BCUT2D eigenvalue weighted by Gasteiger charge is -2.19. The van der Waals surface area contributed by atoms with Crippen LogP contribution in [-0.4, -0.2) is 47.6 Å². The molecule has 1 unspecified atom stereocenters. The molecule has 0 heterocycles. The molecule has 0 amide bonds. The fourth-order valence-corrected chi connectivity index (χ4v) is 5.21. The summed E-state index contributed by atoms with van der Waals surface area (Å²) >= 11 is 0. The fourth-order valence-electron chi connectivity index (χ4n) is 3.16. The summed E-state index contributed by atoms with van der Waals surface area (Å²) in [6, 6.07) is 8.66. The van der Waals surface area contributed by atoms with Gasteiger partial charge in [-0.1, -0.05) is 31.5 Å². The van der Waals surface area contributed by atoms with E-state index < -0.39 is 41.6 Å². The Morgan fingerprint density at radius 1 is 0.933 bits per heavy atom. The molecule has 2 rings (SSSR count). The minimum atomic E-state index is -4.76. The molecule has 0 spiro atoms. The van der Waals surface area contributed by atoms with E-state index in [0.717, 1.165) is 6.07 Å². The van der Waals surface area contributed by atoms with Gasteiger partial charge in [-0.05, 0) is 30.2 Å². The van der Waals surface area contributed by atoms with Crippen LogP contribution in [-0.2, 0) is 15.8 Å². The van der Waals surface area contributed by atoms with E-state index in [-0.39, 0.29) is 17.1 Å². The summed E-state index contributed by atoms with van der Waals surface area (Å²) in [6.45, 7) is 1.88. The van der Waals surface area contributed by atoms with Crippen LogP contribution in [0.3, 0.4) is 0 Å². The Morgan fingerprint density at radius 3 is 2.00 bits per heavy atom. The van der Waals surface area contributed by atoms with Gasteiger partial charge in [0.2, 0.25) is 18.2 Å². The van der Waals surface area contributed by atoms with Gasteiger partial charge in [-0.15, -0.1) is 0 Å². The molecule has 9 heteroatoms. The van der Waals surface area contributed by atoms with Crippen LogP contribution < -0.4 is 9.47 Å². The van der Waals surface area contributed by atoms with Gasteiger partial charge in [0.05, 0.1) is 19.8 Å². The quantitative estimate of drug-likeness (QED) is 0.541. The summed E-state index contributed by atoms with van der Waals surface area (Å²) in [5, 5.41) is 19.5. The number of phenols is 1. The van der Waals surface area contributed by atoms with Crippen molar-refractivity contribution in [1.29, 1.82) is 0 Å². The van der Waals surface area contributed by atoms with E-state index in [9.17, 15) is 29.2 Å². The van der Waals surface area contributed by atoms with Crippen LogP contribution in [0.1, 0.15) is 39.6 Å². The van der Waals surface area contributed by atoms with Gasteiger partial charge in [0.25, 0.3) is 0 Å². The highest BCUT2D eigenvalue weighted by Gasteiger charge is 2.46. The molecule has 160 valence electrons. The summed E-state index contributed by atoms with van der Waals surface area (Å²) in [5.41, 5.74) is -2.50. The van der Waals surface area contributed by atoms with Gasteiger partial charge in [-0.2, -0.15) is 0 Å². The van der Waals surface area contributed by atoms with Crippen molar-refractivity contribution in [3.8, 4) is 17.2 Å². The molecule has 2 aromatic carbocycles. The summed E-state index contributed by atoms with van der Waals surface area (Å²) < 4.78 is 24.1. The number of aromatic hydroxyl groups is 1. The second-order valence-corrected chi connectivity index (χ2v) is 9.11. The van der Waals surface area contributed by atoms with Crippen molar-refractivity contribution in [2.45, 2.75) is 19.8 Å². The number of hydrogen-bond donors (Lipinski definition) is 2. The number of aliphatic carboxylic acids is 1. The molecule has 8 nitrogen and oxygen atoms in total. The minimum absolute atomic E-state index is 0.0887. The third kappa shape index (κ3) is 4.39. The smallest absolute Gasteiger partial charge is 0.311 e. The molecule has 0 bridgehead atoms. The molecule has 30 heavy (non-hydrogen) atoms. The van der Waals surface area contributed by atoms with Crippen LogP contribution >= 0.6 is 7.14 Å². The third-order valence-electron chi connectivity index (χ3n) is 4.52. The minimum Gasteiger partial charge on any atom is -0.507 e. The van der Waals surface area contributed by atoms with E-state index in [2.05, 4.69) is 0 Å². The largest absolute Gasteiger partial charge is 0.507 e. The van der Waals surface area contributed by atoms with Gasteiger partial charge in [0.15, 0.2) is 0 Å². The van der Waals surface area contributed by atoms with Crippen molar-refractivity contribution < 1.29 is 38.6 Å². The number of carboxylic acid groups (broad SMARTS) is 1. The van der Waals surface area contributed by atoms with Gasteiger partial charge in [0, 0.05) is 0 Å². The van der Waals surface area contributed by atoms with E-state index in [1.165, 1.54) is 32.4 Å². The second-order valence-electron chi connectivity index (χ2n) is 6.50. The first-order valence-corrected chi connectivity index (χ1v) is 11.0. The standard InChI is InChI=1S/C21H23O8P/c1-4-7-13-8-5-10-15(28-2)18(13)20(25)30(27,12-17(23)24)21(26)19-14(22)9-6-11-16(19)29-3/h5-6,8-11,22H,4,7,12H2,1-3H3,(H,23,24). The highest BCUT2D eigenvalue weighted by Crippen LogP contribution is 2.55. The molecular weight excluding hydrogens is 411 g/mol. The summed E-state index contributed by atoms with van der Waals surface area (Å²) in [4.78, 5) is 38.2.